The number of methoxy groups -OCH3 is 1. The summed E-state index contributed by atoms with van der Waals surface area (Å²) in [5.41, 5.74) is 1.02. The van der Waals surface area contributed by atoms with Gasteiger partial charge in [-0.1, -0.05) is 18.2 Å². The number of benzene rings is 2. The van der Waals surface area contributed by atoms with E-state index in [-0.39, 0.29) is 5.56 Å². The zero-order chi connectivity index (χ0) is 13.8. The van der Waals surface area contributed by atoms with Gasteiger partial charge in [-0.15, -0.1) is 11.6 Å². The number of halogens is 3. The summed E-state index contributed by atoms with van der Waals surface area (Å²) in [6, 6.07) is 10.6. The van der Waals surface area contributed by atoms with Crippen molar-refractivity contribution in [1.29, 1.82) is 0 Å². The van der Waals surface area contributed by atoms with Crippen LogP contribution in [0.5, 0.6) is 5.75 Å². The molecule has 0 spiro atoms. The van der Waals surface area contributed by atoms with E-state index in [2.05, 4.69) is 0 Å². The normalized spacial score (nSPS) is 12.2. The van der Waals surface area contributed by atoms with Crippen molar-refractivity contribution in [2.75, 3.05) is 7.11 Å². The third-order valence-corrected chi connectivity index (χ3v) is 3.28. The molecule has 2 aromatic rings. The first-order valence-corrected chi connectivity index (χ1v) is 6.26. The Labute approximate surface area is 115 Å². The van der Waals surface area contributed by atoms with Crippen LogP contribution in [0.25, 0.3) is 0 Å². The molecule has 0 aliphatic carbocycles. The number of alkyl halides is 1. The summed E-state index contributed by atoms with van der Waals surface area (Å²) in [6.07, 6.45) is 0.367. The Balaban J connectivity index is 2.25. The molecule has 0 saturated heterocycles. The lowest BCUT2D eigenvalue weighted by atomic mass is 10.0. The first kappa shape index (κ1) is 13.8. The van der Waals surface area contributed by atoms with Gasteiger partial charge in [-0.25, -0.2) is 8.78 Å². The van der Waals surface area contributed by atoms with Gasteiger partial charge < -0.3 is 4.74 Å². The summed E-state index contributed by atoms with van der Waals surface area (Å²) < 4.78 is 32.0. The minimum Gasteiger partial charge on any atom is -0.496 e. The number of ether oxygens (including phenoxy) is 1. The average molecular weight is 283 g/mol. The monoisotopic (exact) mass is 282 g/mol. The molecule has 4 heteroatoms. The highest BCUT2D eigenvalue weighted by molar-refractivity contribution is 6.21. The fourth-order valence-corrected chi connectivity index (χ4v) is 2.26. The van der Waals surface area contributed by atoms with Crippen molar-refractivity contribution in [3.8, 4) is 5.75 Å². The van der Waals surface area contributed by atoms with Crippen LogP contribution in [0.15, 0.2) is 42.5 Å². The molecule has 0 amide bonds. The SMILES string of the molecule is COc1ccccc1CC(Cl)c1cc(F)ccc1F. The lowest BCUT2D eigenvalue weighted by Crippen LogP contribution is -2.01. The fourth-order valence-electron chi connectivity index (χ4n) is 1.93. The Kier molecular flexibility index (Phi) is 4.38. The molecule has 0 aromatic heterocycles. The van der Waals surface area contributed by atoms with Crippen LogP contribution < -0.4 is 4.74 Å². The van der Waals surface area contributed by atoms with E-state index in [1.165, 1.54) is 0 Å². The molecule has 100 valence electrons. The van der Waals surface area contributed by atoms with E-state index in [1.54, 1.807) is 13.2 Å². The number of para-hydroxylation sites is 1. The second-order valence-corrected chi connectivity index (χ2v) is 4.68. The second-order valence-electron chi connectivity index (χ2n) is 4.15. The van der Waals surface area contributed by atoms with Gasteiger partial charge in [-0.05, 0) is 36.2 Å². The van der Waals surface area contributed by atoms with E-state index in [4.69, 9.17) is 16.3 Å². The summed E-state index contributed by atoms with van der Waals surface area (Å²) in [6.45, 7) is 0. The van der Waals surface area contributed by atoms with Crippen LogP contribution in [0, 0.1) is 11.6 Å². The molecule has 1 nitrogen and oxygen atoms in total. The van der Waals surface area contributed by atoms with Gasteiger partial charge in [0.2, 0.25) is 0 Å². The van der Waals surface area contributed by atoms with E-state index in [9.17, 15) is 8.78 Å². The summed E-state index contributed by atoms with van der Waals surface area (Å²) in [4.78, 5) is 0. The topological polar surface area (TPSA) is 9.23 Å². The molecule has 0 aliphatic rings. The fraction of sp³-hybridized carbons (Fsp3) is 0.200. The van der Waals surface area contributed by atoms with Crippen LogP contribution in [0.4, 0.5) is 8.78 Å². The van der Waals surface area contributed by atoms with Gasteiger partial charge in [0, 0.05) is 5.56 Å². The lowest BCUT2D eigenvalue weighted by Gasteiger charge is -2.13. The quantitative estimate of drug-likeness (QED) is 0.751. The molecule has 0 N–H and O–H groups in total. The highest BCUT2D eigenvalue weighted by atomic mass is 35.5. The van der Waals surface area contributed by atoms with E-state index in [0.717, 1.165) is 23.8 Å². The predicted molar refractivity (Wildman–Crippen MR) is 71.7 cm³/mol. The van der Waals surface area contributed by atoms with E-state index < -0.39 is 17.0 Å². The minimum absolute atomic E-state index is 0.160. The van der Waals surface area contributed by atoms with Crippen LogP contribution in [0.1, 0.15) is 16.5 Å². The van der Waals surface area contributed by atoms with Crippen molar-refractivity contribution in [1.82, 2.24) is 0 Å². The molecule has 0 radical (unpaired) electrons. The van der Waals surface area contributed by atoms with Crippen LogP contribution >= 0.6 is 11.6 Å². The highest BCUT2D eigenvalue weighted by Crippen LogP contribution is 2.31. The second kappa shape index (κ2) is 6.02. The van der Waals surface area contributed by atoms with Gasteiger partial charge in [0.25, 0.3) is 0 Å². The van der Waals surface area contributed by atoms with E-state index >= 15 is 0 Å². The van der Waals surface area contributed by atoms with Crippen LogP contribution in [0.3, 0.4) is 0 Å². The Bertz CT molecular complexity index is 572. The highest BCUT2D eigenvalue weighted by Gasteiger charge is 2.16. The van der Waals surface area contributed by atoms with Crippen LogP contribution in [0.2, 0.25) is 0 Å². The van der Waals surface area contributed by atoms with Crippen LogP contribution in [-0.2, 0) is 6.42 Å². The minimum atomic E-state index is -0.646. The van der Waals surface area contributed by atoms with Crippen molar-refractivity contribution in [3.05, 3.63) is 65.2 Å². The summed E-state index contributed by atoms with van der Waals surface area (Å²) >= 11 is 6.18. The van der Waals surface area contributed by atoms with Gasteiger partial charge in [-0.3, -0.25) is 0 Å². The lowest BCUT2D eigenvalue weighted by molar-refractivity contribution is 0.409. The number of hydrogen-bond acceptors (Lipinski definition) is 1. The molecule has 0 heterocycles. The molecule has 0 saturated carbocycles. The Morgan fingerprint density at radius 3 is 2.63 bits per heavy atom. The standard InChI is InChI=1S/C15H13ClF2O/c1-19-15-5-3-2-4-10(15)8-13(16)12-9-11(17)6-7-14(12)18/h2-7,9,13H,8H2,1H3. The van der Waals surface area contributed by atoms with Gasteiger partial charge in [0.05, 0.1) is 12.5 Å². The number of rotatable bonds is 4. The molecule has 2 aromatic carbocycles. The van der Waals surface area contributed by atoms with E-state index in [0.29, 0.717) is 12.2 Å². The van der Waals surface area contributed by atoms with Gasteiger partial charge in [-0.2, -0.15) is 0 Å². The van der Waals surface area contributed by atoms with Gasteiger partial charge in [0.15, 0.2) is 0 Å². The zero-order valence-corrected chi connectivity index (χ0v) is 11.1. The Morgan fingerprint density at radius 1 is 1.16 bits per heavy atom. The molecular formula is C15H13ClF2O. The molecule has 0 aliphatic heterocycles. The van der Waals surface area contributed by atoms with Gasteiger partial charge in [0.1, 0.15) is 17.4 Å². The molecular weight excluding hydrogens is 270 g/mol. The molecule has 1 atom stereocenters. The summed E-state index contributed by atoms with van der Waals surface area (Å²) in [5, 5.41) is -0.646. The third-order valence-electron chi connectivity index (χ3n) is 2.89. The summed E-state index contributed by atoms with van der Waals surface area (Å²) in [5.74, 6) is -0.316. The molecule has 0 bridgehead atoms. The maximum absolute atomic E-state index is 13.6. The first-order valence-electron chi connectivity index (χ1n) is 5.82. The maximum Gasteiger partial charge on any atom is 0.128 e. The largest absolute Gasteiger partial charge is 0.496 e. The molecule has 2 rings (SSSR count). The molecule has 19 heavy (non-hydrogen) atoms. The van der Waals surface area contributed by atoms with Crippen molar-refractivity contribution in [2.24, 2.45) is 0 Å². The summed E-state index contributed by atoms with van der Waals surface area (Å²) in [7, 11) is 1.56. The molecule has 1 unspecified atom stereocenters. The Morgan fingerprint density at radius 2 is 1.89 bits per heavy atom. The average Bonchev–Trinajstić information content (AvgIpc) is 2.42. The van der Waals surface area contributed by atoms with Crippen molar-refractivity contribution in [2.45, 2.75) is 11.8 Å². The van der Waals surface area contributed by atoms with Crippen molar-refractivity contribution >= 4 is 11.6 Å². The van der Waals surface area contributed by atoms with Gasteiger partial charge >= 0.3 is 0 Å². The Hall–Kier alpha value is -1.61. The maximum atomic E-state index is 13.6. The number of hydrogen-bond donors (Lipinski definition) is 0. The van der Waals surface area contributed by atoms with Crippen molar-refractivity contribution in [3.63, 3.8) is 0 Å². The predicted octanol–water partition coefficient (Wildman–Crippen LogP) is 4.50. The van der Waals surface area contributed by atoms with Crippen LogP contribution in [-0.4, -0.2) is 7.11 Å². The smallest absolute Gasteiger partial charge is 0.128 e. The van der Waals surface area contributed by atoms with E-state index in [1.807, 2.05) is 18.2 Å². The molecule has 0 fully saturated rings. The first-order chi connectivity index (χ1) is 9.11. The third kappa shape index (κ3) is 3.24. The van der Waals surface area contributed by atoms with Crippen molar-refractivity contribution < 1.29 is 13.5 Å². The zero-order valence-electron chi connectivity index (χ0n) is 10.4.